The zero-order valence-electron chi connectivity index (χ0n) is 12.3. The number of aryl methyl sites for hydroxylation is 2. The third-order valence-corrected chi connectivity index (χ3v) is 2.58. The lowest BCUT2D eigenvalue weighted by Gasteiger charge is -2.04. The van der Waals surface area contributed by atoms with E-state index in [1.807, 2.05) is 13.0 Å². The van der Waals surface area contributed by atoms with Gasteiger partial charge in [-0.2, -0.15) is 0 Å². The van der Waals surface area contributed by atoms with E-state index in [0.717, 1.165) is 36.8 Å². The predicted molar refractivity (Wildman–Crippen MR) is 80.4 cm³/mol. The van der Waals surface area contributed by atoms with Crippen LogP contribution < -0.4 is 5.73 Å². The Bertz CT molecular complexity index is 378. The van der Waals surface area contributed by atoms with Crippen LogP contribution in [0.5, 0.6) is 0 Å². The van der Waals surface area contributed by atoms with E-state index in [1.165, 1.54) is 6.42 Å². The van der Waals surface area contributed by atoms with Crippen molar-refractivity contribution in [2.45, 2.75) is 52.9 Å². The fraction of sp³-hybridized carbons (Fsp3) is 0.600. The molecule has 0 saturated carbocycles. The molecule has 0 atom stereocenters. The molecule has 1 aromatic carbocycles. The topological polar surface area (TPSA) is 69.2 Å². The molecule has 2 N–H and O–H groups in total. The maximum Gasteiger partial charge on any atom is 0.269 e. The van der Waals surface area contributed by atoms with Crippen LogP contribution in [0.25, 0.3) is 0 Å². The van der Waals surface area contributed by atoms with Gasteiger partial charge < -0.3 is 5.73 Å². The Morgan fingerprint density at radius 1 is 1.11 bits per heavy atom. The molecule has 0 unspecified atom stereocenters. The molecule has 0 aliphatic carbocycles. The first-order valence-electron chi connectivity index (χ1n) is 7.06. The van der Waals surface area contributed by atoms with E-state index in [-0.39, 0.29) is 10.6 Å². The SMILES string of the molecule is CCC.CCc1cc(CCCCN)cc([N+](=O)[O-])c1. The van der Waals surface area contributed by atoms with Crippen LogP contribution in [0.15, 0.2) is 18.2 Å². The van der Waals surface area contributed by atoms with Crippen molar-refractivity contribution in [1.82, 2.24) is 0 Å². The Balaban J connectivity index is 0.000000982. The molecule has 0 fully saturated rings. The summed E-state index contributed by atoms with van der Waals surface area (Å²) in [4.78, 5) is 10.4. The second-order valence-electron chi connectivity index (χ2n) is 4.57. The highest BCUT2D eigenvalue weighted by Gasteiger charge is 2.08. The molecule has 19 heavy (non-hydrogen) atoms. The van der Waals surface area contributed by atoms with Gasteiger partial charge in [0.2, 0.25) is 0 Å². The van der Waals surface area contributed by atoms with Crippen molar-refractivity contribution in [3.05, 3.63) is 39.4 Å². The number of hydrogen-bond donors (Lipinski definition) is 1. The molecule has 1 aromatic rings. The van der Waals surface area contributed by atoms with E-state index in [4.69, 9.17) is 5.73 Å². The maximum absolute atomic E-state index is 10.7. The average Bonchev–Trinajstić information content (AvgIpc) is 2.39. The monoisotopic (exact) mass is 266 g/mol. The molecule has 0 aliphatic heterocycles. The zero-order valence-corrected chi connectivity index (χ0v) is 12.3. The minimum atomic E-state index is -0.328. The summed E-state index contributed by atoms with van der Waals surface area (Å²) in [5.74, 6) is 0. The molecule has 0 aliphatic rings. The average molecular weight is 266 g/mol. The summed E-state index contributed by atoms with van der Waals surface area (Å²) in [7, 11) is 0. The number of non-ortho nitro benzene ring substituents is 1. The Kier molecular flexibility index (Phi) is 9.71. The summed E-state index contributed by atoms with van der Waals surface area (Å²) >= 11 is 0. The molecular formula is C15H26N2O2. The standard InChI is InChI=1S/C12H18N2O2.C3H8/c1-2-10-7-11(5-3-4-6-13)9-12(8-10)14(15)16;1-3-2/h7-9H,2-6,13H2,1H3;3H2,1-2H3. The van der Waals surface area contributed by atoms with E-state index < -0.39 is 0 Å². The van der Waals surface area contributed by atoms with Crippen LogP contribution in [0, 0.1) is 10.1 Å². The van der Waals surface area contributed by atoms with Crippen LogP contribution in [0.1, 0.15) is 51.2 Å². The van der Waals surface area contributed by atoms with Crippen molar-refractivity contribution in [3.63, 3.8) is 0 Å². The van der Waals surface area contributed by atoms with Crippen LogP contribution in [0.2, 0.25) is 0 Å². The third kappa shape index (κ3) is 7.57. The number of nitro groups is 1. The van der Waals surface area contributed by atoms with Gasteiger partial charge in [0.15, 0.2) is 0 Å². The van der Waals surface area contributed by atoms with Gasteiger partial charge in [0.1, 0.15) is 0 Å². The quantitative estimate of drug-likeness (QED) is 0.483. The van der Waals surface area contributed by atoms with Gasteiger partial charge in [0.25, 0.3) is 5.69 Å². The van der Waals surface area contributed by atoms with Crippen molar-refractivity contribution in [1.29, 1.82) is 0 Å². The van der Waals surface area contributed by atoms with E-state index in [0.29, 0.717) is 6.54 Å². The number of nitrogens with two attached hydrogens (primary N) is 1. The lowest BCUT2D eigenvalue weighted by molar-refractivity contribution is -0.385. The molecule has 0 radical (unpaired) electrons. The first kappa shape index (κ1) is 17.6. The first-order chi connectivity index (χ1) is 9.08. The molecule has 0 aromatic heterocycles. The van der Waals surface area contributed by atoms with Gasteiger partial charge in [-0.25, -0.2) is 0 Å². The summed E-state index contributed by atoms with van der Waals surface area (Å²) in [6.07, 6.45) is 4.89. The molecule has 0 spiro atoms. The predicted octanol–water partition coefficient (Wildman–Crippen LogP) is 3.85. The van der Waals surface area contributed by atoms with Gasteiger partial charge in [0.05, 0.1) is 4.92 Å². The normalized spacial score (nSPS) is 9.68. The first-order valence-corrected chi connectivity index (χ1v) is 7.06. The Labute approximate surface area is 116 Å². The van der Waals surface area contributed by atoms with Crippen molar-refractivity contribution < 1.29 is 4.92 Å². The van der Waals surface area contributed by atoms with Crippen molar-refractivity contribution in [2.75, 3.05) is 6.54 Å². The number of nitrogens with zero attached hydrogens (tertiary/aromatic N) is 1. The lowest BCUT2D eigenvalue weighted by Crippen LogP contribution is -2.00. The van der Waals surface area contributed by atoms with Crippen molar-refractivity contribution >= 4 is 5.69 Å². The highest BCUT2D eigenvalue weighted by Crippen LogP contribution is 2.19. The van der Waals surface area contributed by atoms with Crippen LogP contribution in [-0.2, 0) is 12.8 Å². The van der Waals surface area contributed by atoms with E-state index >= 15 is 0 Å². The molecule has 0 heterocycles. The fourth-order valence-electron chi connectivity index (χ4n) is 1.67. The molecule has 4 heteroatoms. The lowest BCUT2D eigenvalue weighted by atomic mass is 10.0. The van der Waals surface area contributed by atoms with Gasteiger partial charge >= 0.3 is 0 Å². The fourth-order valence-corrected chi connectivity index (χ4v) is 1.67. The second kappa shape index (κ2) is 10.5. The molecule has 1 rings (SSSR count). The van der Waals surface area contributed by atoms with Crippen LogP contribution >= 0.6 is 0 Å². The minimum absolute atomic E-state index is 0.196. The van der Waals surface area contributed by atoms with E-state index in [2.05, 4.69) is 13.8 Å². The number of rotatable bonds is 6. The Hall–Kier alpha value is -1.42. The number of unbranched alkanes of at least 4 members (excludes halogenated alkanes) is 1. The largest absolute Gasteiger partial charge is 0.330 e. The Morgan fingerprint density at radius 3 is 2.16 bits per heavy atom. The minimum Gasteiger partial charge on any atom is -0.330 e. The van der Waals surface area contributed by atoms with Crippen molar-refractivity contribution in [2.24, 2.45) is 5.73 Å². The summed E-state index contributed by atoms with van der Waals surface area (Å²) in [5, 5.41) is 10.7. The second-order valence-corrected chi connectivity index (χ2v) is 4.57. The third-order valence-electron chi connectivity index (χ3n) is 2.58. The molecular weight excluding hydrogens is 240 g/mol. The molecule has 0 saturated heterocycles. The Morgan fingerprint density at radius 2 is 1.68 bits per heavy atom. The maximum atomic E-state index is 10.7. The van der Waals surface area contributed by atoms with E-state index in [9.17, 15) is 10.1 Å². The highest BCUT2D eigenvalue weighted by molar-refractivity contribution is 5.39. The highest BCUT2D eigenvalue weighted by atomic mass is 16.6. The summed E-state index contributed by atoms with van der Waals surface area (Å²) in [6.45, 7) is 6.93. The smallest absolute Gasteiger partial charge is 0.269 e. The van der Waals surface area contributed by atoms with Gasteiger partial charge in [-0.15, -0.1) is 0 Å². The van der Waals surface area contributed by atoms with Crippen LogP contribution in [-0.4, -0.2) is 11.5 Å². The zero-order chi connectivity index (χ0) is 14.7. The molecule has 4 nitrogen and oxygen atoms in total. The summed E-state index contributed by atoms with van der Waals surface area (Å²) < 4.78 is 0. The van der Waals surface area contributed by atoms with E-state index in [1.54, 1.807) is 12.1 Å². The molecule has 108 valence electrons. The number of hydrogen-bond acceptors (Lipinski definition) is 3. The van der Waals surface area contributed by atoms with Crippen LogP contribution in [0.3, 0.4) is 0 Å². The van der Waals surface area contributed by atoms with Crippen LogP contribution in [0.4, 0.5) is 5.69 Å². The van der Waals surface area contributed by atoms with Gasteiger partial charge in [-0.1, -0.05) is 33.3 Å². The van der Waals surface area contributed by atoms with Gasteiger partial charge in [0, 0.05) is 12.1 Å². The molecule has 0 amide bonds. The number of nitro benzene ring substituents is 1. The van der Waals surface area contributed by atoms with Crippen molar-refractivity contribution in [3.8, 4) is 0 Å². The summed E-state index contributed by atoms with van der Waals surface area (Å²) in [5.41, 5.74) is 7.68. The number of benzene rings is 1. The van der Waals surface area contributed by atoms with Gasteiger partial charge in [-0.05, 0) is 43.4 Å². The summed E-state index contributed by atoms with van der Waals surface area (Å²) in [6, 6.07) is 5.35. The molecule has 0 bridgehead atoms. The van der Waals surface area contributed by atoms with Gasteiger partial charge in [-0.3, -0.25) is 10.1 Å².